The molecule has 3 amide bonds. The topological polar surface area (TPSA) is 92.8 Å². The van der Waals surface area contributed by atoms with E-state index >= 15 is 0 Å². The van der Waals surface area contributed by atoms with Crippen LogP contribution in [0.5, 0.6) is 0 Å². The number of esters is 1. The van der Waals surface area contributed by atoms with Gasteiger partial charge in [-0.1, -0.05) is 60.7 Å². The summed E-state index contributed by atoms with van der Waals surface area (Å²) in [5, 5.41) is 2.68. The maximum absolute atomic E-state index is 13.7. The van der Waals surface area contributed by atoms with Gasteiger partial charge >= 0.3 is 5.97 Å². The fourth-order valence-electron chi connectivity index (χ4n) is 6.36. The summed E-state index contributed by atoms with van der Waals surface area (Å²) in [6.07, 6.45) is 0. The summed E-state index contributed by atoms with van der Waals surface area (Å²) in [7, 11) is 0. The lowest BCUT2D eigenvalue weighted by molar-refractivity contribution is -0.159. The van der Waals surface area contributed by atoms with Gasteiger partial charge in [-0.2, -0.15) is 0 Å². The Morgan fingerprint density at radius 3 is 1.84 bits per heavy atom. The number of hydrogen-bond donors (Lipinski definition) is 1. The molecule has 3 aromatic rings. The summed E-state index contributed by atoms with van der Waals surface area (Å²) in [6.45, 7) is 2.88. The van der Waals surface area contributed by atoms with Crippen LogP contribution >= 0.6 is 0 Å². The van der Waals surface area contributed by atoms with Crippen LogP contribution in [0.2, 0.25) is 0 Å². The van der Waals surface area contributed by atoms with Gasteiger partial charge in [0.1, 0.15) is 6.04 Å². The van der Waals surface area contributed by atoms with E-state index in [9.17, 15) is 19.2 Å². The molecule has 0 aromatic heterocycles. The number of carbonyl (C=O) groups is 4. The van der Waals surface area contributed by atoms with Crippen LogP contribution in [0.3, 0.4) is 0 Å². The van der Waals surface area contributed by atoms with Crippen molar-refractivity contribution < 1.29 is 23.9 Å². The van der Waals surface area contributed by atoms with Gasteiger partial charge in [0.2, 0.25) is 11.8 Å². The summed E-state index contributed by atoms with van der Waals surface area (Å²) in [5.41, 5.74) is 5.85. The van der Waals surface area contributed by atoms with Gasteiger partial charge in [0.15, 0.2) is 6.61 Å². The van der Waals surface area contributed by atoms with Crippen molar-refractivity contribution >= 4 is 29.4 Å². The van der Waals surface area contributed by atoms with E-state index in [1.54, 1.807) is 12.1 Å². The first-order chi connectivity index (χ1) is 17.9. The molecule has 2 bridgehead atoms. The molecular formula is C30H26N2O5. The average molecular weight is 495 g/mol. The highest BCUT2D eigenvalue weighted by atomic mass is 16.5. The SMILES string of the molecule is Cc1cccc(NC(=O)COC(=O)[C@H](C)N2C(=O)[C@@H]3C4c5ccccc5C(c5ccccc54)[C@@H]3C2=O)c1. The lowest BCUT2D eigenvalue weighted by atomic mass is 9.55. The molecule has 7 nitrogen and oxygen atoms in total. The molecule has 7 rings (SSSR count). The molecule has 1 fully saturated rings. The fourth-order valence-corrected chi connectivity index (χ4v) is 6.36. The number of ether oxygens (including phenoxy) is 1. The molecule has 1 N–H and O–H groups in total. The molecule has 1 saturated heterocycles. The molecule has 0 radical (unpaired) electrons. The van der Waals surface area contributed by atoms with Crippen molar-refractivity contribution in [2.45, 2.75) is 31.7 Å². The number of imide groups is 1. The van der Waals surface area contributed by atoms with Gasteiger partial charge in [-0.05, 0) is 53.8 Å². The number of hydrogen-bond acceptors (Lipinski definition) is 5. The predicted octanol–water partition coefficient (Wildman–Crippen LogP) is 3.76. The van der Waals surface area contributed by atoms with Crippen LogP contribution < -0.4 is 5.32 Å². The minimum absolute atomic E-state index is 0.243. The molecule has 3 aromatic carbocycles. The Bertz CT molecular complexity index is 1350. The van der Waals surface area contributed by atoms with Gasteiger partial charge in [-0.15, -0.1) is 0 Å². The van der Waals surface area contributed by atoms with Gasteiger partial charge in [-0.25, -0.2) is 4.79 Å². The number of nitrogens with zero attached hydrogens (tertiary/aromatic N) is 1. The van der Waals surface area contributed by atoms with Gasteiger partial charge in [0.25, 0.3) is 5.91 Å². The molecule has 7 heteroatoms. The standard InChI is InChI=1S/C30H26N2O5/c1-16-8-7-9-18(14-16)31-23(33)15-37-30(36)17(2)32-28(34)26-24-19-10-3-4-11-20(19)25(27(26)29(32)35)22-13-6-5-12-21(22)24/h3-14,17,24-27H,15H2,1-2H3,(H,31,33)/t17-,24?,25?,26-,27+/m0/s1. The highest BCUT2D eigenvalue weighted by Gasteiger charge is 2.62. The molecule has 1 aliphatic heterocycles. The van der Waals surface area contributed by atoms with Crippen molar-refractivity contribution in [1.82, 2.24) is 4.90 Å². The highest BCUT2D eigenvalue weighted by molar-refractivity contribution is 6.10. The summed E-state index contributed by atoms with van der Waals surface area (Å²) >= 11 is 0. The largest absolute Gasteiger partial charge is 0.454 e. The first-order valence-electron chi connectivity index (χ1n) is 12.4. The number of nitrogens with one attached hydrogen (secondary N) is 1. The van der Waals surface area contributed by atoms with Crippen molar-refractivity contribution in [2.75, 3.05) is 11.9 Å². The minimum Gasteiger partial charge on any atom is -0.454 e. The molecule has 3 aliphatic carbocycles. The summed E-state index contributed by atoms with van der Waals surface area (Å²) < 4.78 is 5.23. The third-order valence-electron chi connectivity index (χ3n) is 7.86. The van der Waals surface area contributed by atoms with E-state index in [0.29, 0.717) is 5.69 Å². The number of likely N-dealkylation sites (tertiary alicyclic amines) is 1. The molecule has 1 heterocycles. The summed E-state index contributed by atoms with van der Waals surface area (Å²) in [4.78, 5) is 53.8. The Balaban J connectivity index is 1.22. The first-order valence-corrected chi connectivity index (χ1v) is 12.4. The quantitative estimate of drug-likeness (QED) is 0.431. The van der Waals surface area contributed by atoms with Gasteiger partial charge in [0, 0.05) is 17.5 Å². The molecule has 0 saturated carbocycles. The molecule has 186 valence electrons. The van der Waals surface area contributed by atoms with Crippen molar-refractivity contribution in [3.8, 4) is 0 Å². The first kappa shape index (κ1) is 23.2. The summed E-state index contributed by atoms with van der Waals surface area (Å²) in [6, 6.07) is 22.1. The van der Waals surface area contributed by atoms with E-state index in [-0.39, 0.29) is 23.7 Å². The number of rotatable bonds is 5. The molecule has 0 spiro atoms. The molecular weight excluding hydrogens is 468 g/mol. The molecule has 4 aliphatic rings. The van der Waals surface area contributed by atoms with Crippen LogP contribution in [-0.4, -0.2) is 41.2 Å². The van der Waals surface area contributed by atoms with Crippen molar-refractivity contribution in [1.29, 1.82) is 0 Å². The lowest BCUT2D eigenvalue weighted by Gasteiger charge is -2.45. The lowest BCUT2D eigenvalue weighted by Crippen LogP contribution is -2.45. The smallest absolute Gasteiger partial charge is 0.329 e. The third-order valence-corrected chi connectivity index (χ3v) is 7.86. The number of amides is 3. The monoisotopic (exact) mass is 494 g/mol. The van der Waals surface area contributed by atoms with Crippen molar-refractivity contribution in [3.05, 3.63) is 101 Å². The van der Waals surface area contributed by atoms with E-state index in [2.05, 4.69) is 5.32 Å². The van der Waals surface area contributed by atoms with Crippen LogP contribution in [0.25, 0.3) is 0 Å². The van der Waals surface area contributed by atoms with Crippen LogP contribution in [0.15, 0.2) is 72.8 Å². The Morgan fingerprint density at radius 2 is 1.35 bits per heavy atom. The minimum atomic E-state index is -1.14. The number of benzene rings is 3. The third kappa shape index (κ3) is 3.56. The van der Waals surface area contributed by atoms with Crippen LogP contribution in [0, 0.1) is 18.8 Å². The zero-order chi connectivity index (χ0) is 25.8. The Hall–Kier alpha value is -4.26. The Labute approximate surface area is 214 Å². The van der Waals surface area contributed by atoms with Crippen molar-refractivity contribution in [2.24, 2.45) is 11.8 Å². The second-order valence-electron chi connectivity index (χ2n) is 10.0. The second kappa shape index (κ2) is 8.69. The average Bonchev–Trinajstić information content (AvgIpc) is 3.17. The number of anilines is 1. The van der Waals surface area contributed by atoms with E-state index in [4.69, 9.17) is 4.74 Å². The van der Waals surface area contributed by atoms with Crippen molar-refractivity contribution in [3.63, 3.8) is 0 Å². The normalized spacial score (nSPS) is 23.7. The van der Waals surface area contributed by atoms with Gasteiger partial charge in [0.05, 0.1) is 11.8 Å². The molecule has 3 atom stereocenters. The molecule has 0 unspecified atom stereocenters. The Kier molecular flexibility index (Phi) is 5.44. The van der Waals surface area contributed by atoms with E-state index in [1.807, 2.05) is 67.6 Å². The maximum atomic E-state index is 13.7. The van der Waals surface area contributed by atoms with Crippen LogP contribution in [0.4, 0.5) is 5.69 Å². The summed E-state index contributed by atoms with van der Waals surface area (Å²) in [5.74, 6) is -3.63. The number of carbonyl (C=O) groups excluding carboxylic acids is 4. The molecule has 37 heavy (non-hydrogen) atoms. The zero-order valence-electron chi connectivity index (χ0n) is 20.5. The van der Waals surface area contributed by atoms with Crippen LogP contribution in [0.1, 0.15) is 46.6 Å². The van der Waals surface area contributed by atoms with E-state index in [1.165, 1.54) is 6.92 Å². The van der Waals surface area contributed by atoms with Gasteiger partial charge < -0.3 is 10.1 Å². The fraction of sp³-hybridized carbons (Fsp3) is 0.267. The zero-order valence-corrected chi connectivity index (χ0v) is 20.5. The highest BCUT2D eigenvalue weighted by Crippen LogP contribution is 2.61. The Morgan fingerprint density at radius 1 is 0.838 bits per heavy atom. The van der Waals surface area contributed by atoms with E-state index in [0.717, 1.165) is 32.7 Å². The van der Waals surface area contributed by atoms with E-state index < -0.39 is 36.4 Å². The second-order valence-corrected chi connectivity index (χ2v) is 10.0. The predicted molar refractivity (Wildman–Crippen MR) is 136 cm³/mol. The van der Waals surface area contributed by atoms with Crippen LogP contribution in [-0.2, 0) is 23.9 Å². The van der Waals surface area contributed by atoms with Gasteiger partial charge in [-0.3, -0.25) is 19.3 Å². The number of aryl methyl sites for hydroxylation is 1. The maximum Gasteiger partial charge on any atom is 0.329 e.